The Hall–Kier alpha value is -3.91. The molecule has 8 heteroatoms. The van der Waals surface area contributed by atoms with Gasteiger partial charge in [-0.15, -0.1) is 0 Å². The molecular formula is C28H23F2N3O3. The molecule has 0 amide bonds. The Kier molecular flexibility index (Phi) is 5.41. The summed E-state index contributed by atoms with van der Waals surface area (Å²) in [7, 11) is 0. The lowest BCUT2D eigenvalue weighted by atomic mass is 9.79. The Morgan fingerprint density at radius 3 is 2.53 bits per heavy atom. The predicted molar refractivity (Wildman–Crippen MR) is 129 cm³/mol. The van der Waals surface area contributed by atoms with Crippen molar-refractivity contribution in [3.8, 4) is 34.0 Å². The minimum atomic E-state index is -0.716. The fourth-order valence-corrected chi connectivity index (χ4v) is 5.17. The van der Waals surface area contributed by atoms with E-state index in [1.54, 1.807) is 31.2 Å². The normalized spacial score (nSPS) is 19.2. The third-order valence-electron chi connectivity index (χ3n) is 7.32. The largest absolute Gasteiger partial charge is 0.481 e. The SMILES string of the molecule is Cc1cc(-c2nc(-c3ccc4c(c3)CN(C3CC(C(=O)O)C3)C4)no2)c(F)cc1-c1ccccc1F. The molecule has 1 aliphatic carbocycles. The van der Waals surface area contributed by atoms with Crippen molar-refractivity contribution < 1.29 is 23.2 Å². The van der Waals surface area contributed by atoms with E-state index in [2.05, 4.69) is 15.0 Å². The average molecular weight is 488 g/mol. The number of rotatable bonds is 5. The van der Waals surface area contributed by atoms with Gasteiger partial charge in [-0.1, -0.05) is 35.5 Å². The van der Waals surface area contributed by atoms with E-state index in [0.717, 1.165) is 24.2 Å². The Balaban J connectivity index is 1.23. The summed E-state index contributed by atoms with van der Waals surface area (Å²) in [5, 5.41) is 13.2. The highest BCUT2D eigenvalue weighted by molar-refractivity contribution is 5.73. The zero-order chi connectivity index (χ0) is 25.0. The van der Waals surface area contributed by atoms with Gasteiger partial charge in [0.1, 0.15) is 11.6 Å². The summed E-state index contributed by atoms with van der Waals surface area (Å²) in [6.45, 7) is 3.33. The van der Waals surface area contributed by atoms with Crippen LogP contribution in [0, 0.1) is 24.5 Å². The Bertz CT molecular complexity index is 1490. The summed E-state index contributed by atoms with van der Waals surface area (Å²) in [5.41, 5.74) is 4.77. The summed E-state index contributed by atoms with van der Waals surface area (Å²) < 4.78 is 34.7. The lowest BCUT2D eigenvalue weighted by molar-refractivity contribution is -0.147. The smallest absolute Gasteiger partial charge is 0.306 e. The molecule has 3 aromatic carbocycles. The standard InChI is InChI=1S/C28H23F2N3O3/c1-15-8-23(25(30)12-22(15)21-4-2-3-5-24(21)29)27-31-26(32-36-27)16-6-7-17-13-33(14-19(17)9-16)20-10-18(11-20)28(34)35/h2-9,12,18,20H,10-11,13-14H2,1H3,(H,34,35). The number of carbonyl (C=O) groups is 1. The summed E-state index contributed by atoms with van der Waals surface area (Å²) in [6, 6.07) is 15.4. The van der Waals surface area contributed by atoms with E-state index >= 15 is 4.39 Å². The van der Waals surface area contributed by atoms with Crippen LogP contribution in [0.2, 0.25) is 0 Å². The van der Waals surface area contributed by atoms with Gasteiger partial charge in [-0.05, 0) is 66.3 Å². The molecule has 4 aromatic rings. The molecule has 0 spiro atoms. The first-order valence-corrected chi connectivity index (χ1v) is 11.9. The number of hydrogen-bond acceptors (Lipinski definition) is 5. The number of aliphatic carboxylic acids is 1. The molecule has 0 unspecified atom stereocenters. The minimum absolute atomic E-state index is 0.0574. The van der Waals surface area contributed by atoms with Crippen molar-refractivity contribution >= 4 is 5.97 Å². The monoisotopic (exact) mass is 487 g/mol. The topological polar surface area (TPSA) is 79.5 Å². The lowest BCUT2D eigenvalue weighted by Crippen LogP contribution is -2.44. The number of carboxylic acid groups (broad SMARTS) is 1. The number of benzene rings is 3. The van der Waals surface area contributed by atoms with Crippen LogP contribution >= 0.6 is 0 Å². The van der Waals surface area contributed by atoms with E-state index in [4.69, 9.17) is 9.63 Å². The fraction of sp³-hybridized carbons (Fsp3) is 0.250. The average Bonchev–Trinajstić information content (AvgIpc) is 3.46. The maximum atomic E-state index is 15.1. The van der Waals surface area contributed by atoms with E-state index in [-0.39, 0.29) is 23.4 Å². The number of aromatic nitrogens is 2. The molecule has 0 atom stereocenters. The molecule has 1 saturated carbocycles. The Labute approximate surface area is 206 Å². The molecule has 6 rings (SSSR count). The van der Waals surface area contributed by atoms with Crippen LogP contribution in [0.5, 0.6) is 0 Å². The maximum absolute atomic E-state index is 15.1. The lowest BCUT2D eigenvalue weighted by Gasteiger charge is -2.39. The van der Waals surface area contributed by atoms with Crippen molar-refractivity contribution in [3.63, 3.8) is 0 Å². The zero-order valence-corrected chi connectivity index (χ0v) is 19.5. The van der Waals surface area contributed by atoms with Gasteiger partial charge in [-0.2, -0.15) is 4.98 Å². The van der Waals surface area contributed by atoms with Crippen LogP contribution in [-0.2, 0) is 17.9 Å². The minimum Gasteiger partial charge on any atom is -0.481 e. The summed E-state index contributed by atoms with van der Waals surface area (Å²) in [6.07, 6.45) is 1.37. The number of fused-ring (bicyclic) bond motifs is 1. The second-order valence-electron chi connectivity index (χ2n) is 9.60. The number of carboxylic acids is 1. The second kappa shape index (κ2) is 8.64. The van der Waals surface area contributed by atoms with Gasteiger partial charge in [-0.25, -0.2) is 8.78 Å². The molecule has 2 aliphatic rings. The molecule has 1 fully saturated rings. The molecule has 1 N–H and O–H groups in total. The molecule has 1 aromatic heterocycles. The van der Waals surface area contributed by atoms with Crippen molar-refractivity contribution in [3.05, 3.63) is 82.9 Å². The summed E-state index contributed by atoms with van der Waals surface area (Å²) in [4.78, 5) is 17.9. The maximum Gasteiger partial charge on any atom is 0.306 e. The third-order valence-corrected chi connectivity index (χ3v) is 7.32. The van der Waals surface area contributed by atoms with Gasteiger partial charge < -0.3 is 9.63 Å². The van der Waals surface area contributed by atoms with E-state index in [0.29, 0.717) is 35.4 Å². The van der Waals surface area contributed by atoms with Gasteiger partial charge in [0.2, 0.25) is 5.82 Å². The molecule has 182 valence electrons. The highest BCUT2D eigenvalue weighted by Crippen LogP contribution is 2.38. The van der Waals surface area contributed by atoms with Crippen molar-refractivity contribution in [1.29, 1.82) is 0 Å². The van der Waals surface area contributed by atoms with E-state index < -0.39 is 17.6 Å². The van der Waals surface area contributed by atoms with Gasteiger partial charge in [0.25, 0.3) is 5.89 Å². The highest BCUT2D eigenvalue weighted by Gasteiger charge is 2.39. The third kappa shape index (κ3) is 3.87. The van der Waals surface area contributed by atoms with Crippen molar-refractivity contribution in [2.45, 2.75) is 38.9 Å². The van der Waals surface area contributed by atoms with Crippen LogP contribution in [0.15, 0.2) is 59.1 Å². The molecule has 0 saturated heterocycles. The summed E-state index contributed by atoms with van der Waals surface area (Å²) in [5.74, 6) is -1.53. The first kappa shape index (κ1) is 22.5. The number of halogens is 2. The second-order valence-corrected chi connectivity index (χ2v) is 9.60. The van der Waals surface area contributed by atoms with Gasteiger partial charge in [-0.3, -0.25) is 9.69 Å². The molecule has 6 nitrogen and oxygen atoms in total. The van der Waals surface area contributed by atoms with E-state index in [1.165, 1.54) is 17.7 Å². The van der Waals surface area contributed by atoms with Crippen LogP contribution < -0.4 is 0 Å². The van der Waals surface area contributed by atoms with Crippen LogP contribution in [0.3, 0.4) is 0 Å². The van der Waals surface area contributed by atoms with E-state index in [1.807, 2.05) is 18.2 Å². The Morgan fingerprint density at radius 1 is 0.972 bits per heavy atom. The first-order chi connectivity index (χ1) is 17.4. The highest BCUT2D eigenvalue weighted by atomic mass is 19.1. The van der Waals surface area contributed by atoms with Crippen LogP contribution in [0.1, 0.15) is 29.5 Å². The fourth-order valence-electron chi connectivity index (χ4n) is 5.17. The molecule has 2 heterocycles. The van der Waals surface area contributed by atoms with Crippen molar-refractivity contribution in [2.75, 3.05) is 0 Å². The van der Waals surface area contributed by atoms with E-state index in [9.17, 15) is 9.18 Å². The number of hydrogen-bond donors (Lipinski definition) is 1. The molecule has 0 bridgehead atoms. The molecule has 0 radical (unpaired) electrons. The van der Waals surface area contributed by atoms with Gasteiger partial charge >= 0.3 is 5.97 Å². The summed E-state index contributed by atoms with van der Waals surface area (Å²) >= 11 is 0. The van der Waals surface area contributed by atoms with Crippen LogP contribution in [-0.4, -0.2) is 32.2 Å². The number of nitrogens with zero attached hydrogens (tertiary/aromatic N) is 3. The quantitative estimate of drug-likeness (QED) is 0.381. The van der Waals surface area contributed by atoms with Crippen LogP contribution in [0.4, 0.5) is 8.78 Å². The van der Waals surface area contributed by atoms with Gasteiger partial charge in [0, 0.05) is 30.3 Å². The Morgan fingerprint density at radius 2 is 1.75 bits per heavy atom. The zero-order valence-electron chi connectivity index (χ0n) is 19.5. The molecular weight excluding hydrogens is 464 g/mol. The predicted octanol–water partition coefficient (Wildman–Crippen LogP) is 5.84. The number of aryl methyl sites for hydroxylation is 1. The van der Waals surface area contributed by atoms with Gasteiger partial charge in [0.05, 0.1) is 11.5 Å². The van der Waals surface area contributed by atoms with Crippen molar-refractivity contribution in [2.24, 2.45) is 5.92 Å². The first-order valence-electron chi connectivity index (χ1n) is 11.9. The van der Waals surface area contributed by atoms with Crippen molar-refractivity contribution in [1.82, 2.24) is 15.0 Å². The molecule has 1 aliphatic heterocycles. The van der Waals surface area contributed by atoms with Gasteiger partial charge in [0.15, 0.2) is 0 Å². The van der Waals surface area contributed by atoms with Crippen LogP contribution in [0.25, 0.3) is 34.0 Å². The molecule has 36 heavy (non-hydrogen) atoms.